The van der Waals surface area contributed by atoms with E-state index in [0.717, 1.165) is 50.1 Å². The van der Waals surface area contributed by atoms with Crippen LogP contribution in [0.25, 0.3) is 88.3 Å². The minimum Gasteiger partial charge on any atom is -0.456 e. The first-order chi connectivity index (χ1) is 29.7. The maximum Gasteiger partial charge on any atom is 0.135 e. The van der Waals surface area contributed by atoms with Crippen LogP contribution in [0.2, 0.25) is 0 Å². The van der Waals surface area contributed by atoms with Crippen LogP contribution >= 0.6 is 0 Å². The van der Waals surface area contributed by atoms with E-state index in [1.807, 2.05) is 12.1 Å². The van der Waals surface area contributed by atoms with Crippen molar-refractivity contribution >= 4 is 49.8 Å². The van der Waals surface area contributed by atoms with Crippen molar-refractivity contribution in [3.8, 4) is 55.6 Å². The summed E-state index contributed by atoms with van der Waals surface area (Å²) in [6, 6.07) is 85.0. The Morgan fingerprint density at radius 2 is 0.633 bits per heavy atom. The minimum absolute atomic E-state index is 0.906. The van der Waals surface area contributed by atoms with Crippen LogP contribution in [0.4, 0.5) is 17.1 Å². The van der Waals surface area contributed by atoms with Crippen LogP contribution in [0.5, 0.6) is 0 Å². The molecule has 2 heteroatoms. The molecule has 1 heterocycles. The van der Waals surface area contributed by atoms with Crippen molar-refractivity contribution in [3.63, 3.8) is 0 Å². The predicted molar refractivity (Wildman–Crippen MR) is 253 cm³/mol. The van der Waals surface area contributed by atoms with Gasteiger partial charge in [-0.1, -0.05) is 164 Å². The van der Waals surface area contributed by atoms with E-state index >= 15 is 0 Å². The second-order valence-corrected chi connectivity index (χ2v) is 15.4. The third-order valence-electron chi connectivity index (χ3n) is 11.7. The topological polar surface area (TPSA) is 16.4 Å². The van der Waals surface area contributed by atoms with Crippen LogP contribution < -0.4 is 4.90 Å². The SMILES string of the molecule is c1ccc(-c2ccc(N(c3ccc(-c4cccc(-c5cccc(-c6ccc7ccccc7c6)c5)c4)cc3)c3ccc(-c4ccc5oc6ccccc6c5c4)cc3)cc2)cc1. The molecule has 11 aromatic rings. The molecule has 0 spiro atoms. The average Bonchev–Trinajstić information content (AvgIpc) is 3.71. The van der Waals surface area contributed by atoms with Crippen LogP contribution in [-0.2, 0) is 0 Å². The fraction of sp³-hybridized carbons (Fsp3) is 0. The molecule has 1 aromatic heterocycles. The quantitative estimate of drug-likeness (QED) is 0.153. The van der Waals surface area contributed by atoms with E-state index in [9.17, 15) is 0 Å². The van der Waals surface area contributed by atoms with Crippen molar-refractivity contribution in [2.24, 2.45) is 0 Å². The van der Waals surface area contributed by atoms with Crippen molar-refractivity contribution < 1.29 is 4.42 Å². The van der Waals surface area contributed by atoms with Gasteiger partial charge in [-0.25, -0.2) is 0 Å². The summed E-state index contributed by atoms with van der Waals surface area (Å²) in [6.07, 6.45) is 0. The van der Waals surface area contributed by atoms with E-state index in [4.69, 9.17) is 4.42 Å². The van der Waals surface area contributed by atoms with Gasteiger partial charge in [0.1, 0.15) is 11.2 Å². The molecule has 0 aliphatic heterocycles. The van der Waals surface area contributed by atoms with Crippen molar-refractivity contribution in [2.75, 3.05) is 4.90 Å². The first kappa shape index (κ1) is 35.2. The molecule has 0 saturated heterocycles. The lowest BCUT2D eigenvalue weighted by molar-refractivity contribution is 0.669. The van der Waals surface area contributed by atoms with Gasteiger partial charge in [-0.05, 0) is 139 Å². The molecule has 0 radical (unpaired) electrons. The smallest absolute Gasteiger partial charge is 0.135 e. The molecule has 0 fully saturated rings. The van der Waals surface area contributed by atoms with Gasteiger partial charge in [0.2, 0.25) is 0 Å². The summed E-state index contributed by atoms with van der Waals surface area (Å²) in [5, 5.41) is 4.78. The number of nitrogens with zero attached hydrogens (tertiary/aromatic N) is 1. The zero-order chi connectivity index (χ0) is 39.8. The van der Waals surface area contributed by atoms with Crippen LogP contribution in [-0.4, -0.2) is 0 Å². The van der Waals surface area contributed by atoms with Gasteiger partial charge in [0, 0.05) is 27.8 Å². The van der Waals surface area contributed by atoms with Crippen LogP contribution in [0.15, 0.2) is 241 Å². The summed E-state index contributed by atoms with van der Waals surface area (Å²) < 4.78 is 6.11. The fourth-order valence-electron chi connectivity index (χ4n) is 8.52. The molecule has 0 saturated carbocycles. The van der Waals surface area contributed by atoms with E-state index in [-0.39, 0.29) is 0 Å². The zero-order valence-corrected chi connectivity index (χ0v) is 32.9. The molecule has 0 aliphatic rings. The number of anilines is 3. The van der Waals surface area contributed by atoms with Gasteiger partial charge < -0.3 is 9.32 Å². The van der Waals surface area contributed by atoms with Gasteiger partial charge in [0.25, 0.3) is 0 Å². The normalized spacial score (nSPS) is 11.3. The molecule has 0 atom stereocenters. The molecule has 60 heavy (non-hydrogen) atoms. The maximum absolute atomic E-state index is 6.11. The standard InChI is InChI=1S/C58H39NO/c1-2-10-40(11-3-1)42-22-29-52(30-23-42)59(54-33-26-44(27-34-54)51-28-35-58-56(39-51)55-18-6-7-19-57(55)60-58)53-31-24-43(25-32-53)46-14-8-15-47(36-46)48-16-9-17-49(38-48)50-21-20-41-12-4-5-13-45(41)37-50/h1-39H. The summed E-state index contributed by atoms with van der Waals surface area (Å²) in [7, 11) is 0. The Labute approximate surface area is 349 Å². The minimum atomic E-state index is 0.906. The van der Waals surface area contributed by atoms with Crippen molar-refractivity contribution in [1.82, 2.24) is 0 Å². The highest BCUT2D eigenvalue weighted by molar-refractivity contribution is 6.06. The van der Waals surface area contributed by atoms with E-state index in [1.54, 1.807) is 0 Å². The number of furan rings is 1. The largest absolute Gasteiger partial charge is 0.456 e. The number of hydrogen-bond donors (Lipinski definition) is 0. The number of rotatable bonds is 8. The van der Waals surface area contributed by atoms with Gasteiger partial charge in [0.05, 0.1) is 0 Å². The molecule has 0 aliphatic carbocycles. The van der Waals surface area contributed by atoms with Crippen LogP contribution in [0.1, 0.15) is 0 Å². The Kier molecular flexibility index (Phi) is 8.87. The van der Waals surface area contributed by atoms with Crippen molar-refractivity contribution in [1.29, 1.82) is 0 Å². The zero-order valence-electron chi connectivity index (χ0n) is 32.9. The van der Waals surface area contributed by atoms with E-state index in [1.165, 1.54) is 55.3 Å². The van der Waals surface area contributed by atoms with Gasteiger partial charge in [-0.3, -0.25) is 0 Å². The van der Waals surface area contributed by atoms with Gasteiger partial charge in [-0.2, -0.15) is 0 Å². The number of hydrogen-bond acceptors (Lipinski definition) is 2. The molecule has 0 amide bonds. The molecule has 2 nitrogen and oxygen atoms in total. The lowest BCUT2D eigenvalue weighted by Crippen LogP contribution is -2.09. The Morgan fingerprint density at radius 3 is 1.25 bits per heavy atom. The first-order valence-electron chi connectivity index (χ1n) is 20.5. The first-order valence-corrected chi connectivity index (χ1v) is 20.5. The van der Waals surface area contributed by atoms with Crippen molar-refractivity contribution in [2.45, 2.75) is 0 Å². The molecule has 0 bridgehead atoms. The molecule has 282 valence electrons. The van der Waals surface area contributed by atoms with Gasteiger partial charge in [0.15, 0.2) is 0 Å². The molecule has 10 aromatic carbocycles. The average molecular weight is 766 g/mol. The summed E-state index contributed by atoms with van der Waals surface area (Å²) in [4.78, 5) is 2.34. The summed E-state index contributed by atoms with van der Waals surface area (Å²) in [5.74, 6) is 0. The summed E-state index contributed by atoms with van der Waals surface area (Å²) in [6.45, 7) is 0. The second-order valence-electron chi connectivity index (χ2n) is 15.4. The monoisotopic (exact) mass is 765 g/mol. The molecular weight excluding hydrogens is 727 g/mol. The molecule has 0 unspecified atom stereocenters. The molecule has 11 rings (SSSR count). The lowest BCUT2D eigenvalue weighted by Gasteiger charge is -2.26. The van der Waals surface area contributed by atoms with E-state index in [0.29, 0.717) is 0 Å². The fourth-order valence-corrected chi connectivity index (χ4v) is 8.52. The number of benzene rings is 10. The van der Waals surface area contributed by atoms with Crippen LogP contribution in [0, 0.1) is 0 Å². The van der Waals surface area contributed by atoms with Gasteiger partial charge >= 0.3 is 0 Å². The Balaban J connectivity index is 0.917. The maximum atomic E-state index is 6.11. The number of para-hydroxylation sites is 1. The Bertz CT molecular complexity index is 3290. The van der Waals surface area contributed by atoms with E-state index in [2.05, 4.69) is 229 Å². The highest BCUT2D eigenvalue weighted by Crippen LogP contribution is 2.39. The second kappa shape index (κ2) is 15.1. The van der Waals surface area contributed by atoms with E-state index < -0.39 is 0 Å². The summed E-state index contributed by atoms with van der Waals surface area (Å²) in [5.41, 5.74) is 17.0. The van der Waals surface area contributed by atoms with Crippen LogP contribution in [0.3, 0.4) is 0 Å². The molecule has 0 N–H and O–H groups in total. The molecular formula is C58H39NO. The third-order valence-corrected chi connectivity index (χ3v) is 11.7. The highest BCUT2D eigenvalue weighted by Gasteiger charge is 2.15. The van der Waals surface area contributed by atoms with Gasteiger partial charge in [-0.15, -0.1) is 0 Å². The highest BCUT2D eigenvalue weighted by atomic mass is 16.3. The Hall–Kier alpha value is -7.94. The van der Waals surface area contributed by atoms with Crippen molar-refractivity contribution in [3.05, 3.63) is 237 Å². The summed E-state index contributed by atoms with van der Waals surface area (Å²) >= 11 is 0. The predicted octanol–water partition coefficient (Wildman–Crippen LogP) is 16.5. The number of fused-ring (bicyclic) bond motifs is 4. The Morgan fingerprint density at radius 1 is 0.233 bits per heavy atom. The lowest BCUT2D eigenvalue weighted by atomic mass is 9.95. The third kappa shape index (κ3) is 6.70.